The van der Waals surface area contributed by atoms with Gasteiger partial charge < -0.3 is 35.9 Å². The van der Waals surface area contributed by atoms with Crippen LogP contribution in [0.3, 0.4) is 0 Å². The molecule has 0 radical (unpaired) electrons. The van der Waals surface area contributed by atoms with E-state index in [0.717, 1.165) is 18.8 Å². The summed E-state index contributed by atoms with van der Waals surface area (Å²) in [5.74, 6) is 0. The molecule has 1 fully saturated rings. The summed E-state index contributed by atoms with van der Waals surface area (Å²) in [4.78, 5) is 0. The van der Waals surface area contributed by atoms with E-state index in [-0.39, 0.29) is 27.3 Å². The van der Waals surface area contributed by atoms with Crippen LogP contribution in [-0.2, 0) is 52.6 Å². The van der Waals surface area contributed by atoms with Crippen LogP contribution in [0.4, 0.5) is 0 Å². The van der Waals surface area contributed by atoms with Crippen LogP contribution in [0, 0.1) is 21.3 Å². The van der Waals surface area contributed by atoms with Crippen molar-refractivity contribution in [2.75, 3.05) is 13.1 Å². The summed E-state index contributed by atoms with van der Waals surface area (Å²) < 4.78 is 0. The summed E-state index contributed by atoms with van der Waals surface area (Å²) in [5, 5.41) is 25.4. The topological polar surface area (TPSA) is 75.8 Å². The molecule has 1 saturated heterocycles. The number of allylic oxidation sites excluding steroid dienone is 3. The van der Waals surface area contributed by atoms with Crippen molar-refractivity contribution in [2.45, 2.75) is 39.2 Å². The summed E-state index contributed by atoms with van der Waals surface area (Å²) in [7, 11) is 0. The third kappa shape index (κ3) is 24.9. The van der Waals surface area contributed by atoms with E-state index in [4.69, 9.17) is 10.5 Å². The minimum absolute atomic E-state index is 0. The Bertz CT molecular complexity index is 341. The molecular weight excluding hydrogens is 401 g/mol. The SMILES string of the molecule is CC1=CC=CC[N-]1.CC1CCCC[N-]1.N#C[S-].N#C[S-].[Cd]. The average Bonchev–Trinajstić information content (AvgIpc) is 2.43. The zero-order valence-corrected chi connectivity index (χ0v) is 18.3. The molecule has 2 rings (SSSR count). The maximum Gasteiger partial charge on any atom is 0 e. The van der Waals surface area contributed by atoms with Gasteiger partial charge in [0.05, 0.1) is 0 Å². The number of hydrogen-bond acceptors (Lipinski definition) is 4. The Kier molecular flexibility index (Phi) is 26.6. The first-order chi connectivity index (χ1) is 9.62. The van der Waals surface area contributed by atoms with Crippen LogP contribution in [0.1, 0.15) is 33.1 Å². The molecule has 0 aromatic heterocycles. The van der Waals surface area contributed by atoms with E-state index in [2.05, 4.69) is 42.8 Å². The summed E-state index contributed by atoms with van der Waals surface area (Å²) in [6, 6.07) is 0.661. The van der Waals surface area contributed by atoms with Gasteiger partial charge in [-0.25, -0.2) is 10.5 Å². The van der Waals surface area contributed by atoms with E-state index >= 15 is 0 Å². The molecule has 0 aromatic carbocycles. The molecule has 2 aliphatic rings. The second-order valence-electron chi connectivity index (χ2n) is 4.01. The number of hydrogen-bond donors (Lipinski definition) is 0. The minimum atomic E-state index is 0. The fourth-order valence-corrected chi connectivity index (χ4v) is 1.47. The molecule has 1 unspecified atom stereocenters. The predicted molar refractivity (Wildman–Crippen MR) is 88.6 cm³/mol. The molecule has 2 aliphatic heterocycles. The second kappa shape index (κ2) is 21.9. The molecule has 114 valence electrons. The van der Waals surface area contributed by atoms with Crippen LogP contribution < -0.4 is 0 Å². The number of rotatable bonds is 0. The maximum atomic E-state index is 7.13. The van der Waals surface area contributed by atoms with E-state index in [1.165, 1.54) is 30.1 Å². The first kappa shape index (κ1) is 25.5. The molecule has 0 aromatic rings. The fourth-order valence-electron chi connectivity index (χ4n) is 1.47. The first-order valence-corrected chi connectivity index (χ1v) is 7.14. The first-order valence-electron chi connectivity index (χ1n) is 6.32. The van der Waals surface area contributed by atoms with Crippen LogP contribution in [0.25, 0.3) is 10.6 Å². The van der Waals surface area contributed by atoms with Crippen molar-refractivity contribution >= 4 is 25.3 Å². The van der Waals surface area contributed by atoms with Crippen LogP contribution in [-0.4, -0.2) is 19.1 Å². The Morgan fingerprint density at radius 3 is 2.00 bits per heavy atom. The monoisotopic (exact) mass is 422 g/mol. The number of thiocyanates is 2. The van der Waals surface area contributed by atoms with Crippen molar-refractivity contribution in [1.29, 1.82) is 10.5 Å². The van der Waals surface area contributed by atoms with Gasteiger partial charge in [0.1, 0.15) is 0 Å². The van der Waals surface area contributed by atoms with E-state index in [1.54, 1.807) is 0 Å². The fraction of sp³-hybridized carbons (Fsp3) is 0.571. The summed E-state index contributed by atoms with van der Waals surface area (Å²) >= 11 is 7.40. The zero-order chi connectivity index (χ0) is 15.6. The van der Waals surface area contributed by atoms with Gasteiger partial charge in [-0.15, -0.1) is 25.2 Å². The third-order valence-electron chi connectivity index (χ3n) is 2.39. The van der Waals surface area contributed by atoms with Crippen LogP contribution >= 0.6 is 0 Å². The molecule has 2 heterocycles. The summed E-state index contributed by atoms with van der Waals surface area (Å²) in [5.41, 5.74) is 1.13. The van der Waals surface area contributed by atoms with Gasteiger partial charge in [0.15, 0.2) is 0 Å². The molecule has 1 atom stereocenters. The largest absolute Gasteiger partial charge is 0.696 e. The number of piperidine rings is 1. The van der Waals surface area contributed by atoms with Crippen molar-refractivity contribution in [3.8, 4) is 10.8 Å². The molecule has 4 nitrogen and oxygen atoms in total. The Balaban J connectivity index is -0.000000220. The molecule has 0 aliphatic carbocycles. The Labute approximate surface area is 160 Å². The molecule has 7 heteroatoms. The Morgan fingerprint density at radius 2 is 1.81 bits per heavy atom. The molecule has 0 N–H and O–H groups in total. The second-order valence-corrected chi connectivity index (χ2v) is 4.38. The third-order valence-corrected chi connectivity index (χ3v) is 2.39. The van der Waals surface area contributed by atoms with Crippen LogP contribution in [0.2, 0.25) is 0 Å². The van der Waals surface area contributed by atoms with E-state index < -0.39 is 0 Å². The molecule has 0 spiro atoms. The van der Waals surface area contributed by atoms with Crippen LogP contribution in [0.5, 0.6) is 0 Å². The molecular formula is C14H20CdN4S2-4. The minimum Gasteiger partial charge on any atom is -0.696 e. The van der Waals surface area contributed by atoms with Crippen molar-refractivity contribution < 1.29 is 27.3 Å². The Morgan fingerprint density at radius 1 is 1.24 bits per heavy atom. The zero-order valence-electron chi connectivity index (χ0n) is 12.7. The normalized spacial score (nSPS) is 17.7. The van der Waals surface area contributed by atoms with E-state index in [9.17, 15) is 0 Å². The van der Waals surface area contributed by atoms with Gasteiger partial charge in [-0.1, -0.05) is 56.1 Å². The van der Waals surface area contributed by atoms with Gasteiger partial charge in [0.25, 0.3) is 0 Å². The summed E-state index contributed by atoms with van der Waals surface area (Å²) in [6.07, 6.45) is 10.1. The predicted octanol–water partition coefficient (Wildman–Crippen LogP) is 3.79. The van der Waals surface area contributed by atoms with Crippen LogP contribution in [0.15, 0.2) is 23.9 Å². The van der Waals surface area contributed by atoms with Crippen molar-refractivity contribution in [3.63, 3.8) is 0 Å². The quantitative estimate of drug-likeness (QED) is 0.339. The number of nitriles is 2. The standard InChI is InChI=1S/C6H12N.C6H8N.2CHNS.Cd/c2*1-6-4-2-3-5-7-6;2*2-1-3;/h6H,2-5H2,1H3;2-4H,5H2,1H3;2*3H;/q2*-1;;;/p-2. The van der Waals surface area contributed by atoms with Gasteiger partial charge in [0.2, 0.25) is 0 Å². The van der Waals surface area contributed by atoms with Crippen molar-refractivity contribution in [2.24, 2.45) is 0 Å². The molecule has 21 heavy (non-hydrogen) atoms. The molecule has 0 saturated carbocycles. The van der Waals surface area contributed by atoms with Crippen molar-refractivity contribution in [3.05, 3.63) is 34.6 Å². The maximum absolute atomic E-state index is 7.13. The molecule has 0 amide bonds. The van der Waals surface area contributed by atoms with E-state index in [0.29, 0.717) is 6.04 Å². The number of nitrogens with zero attached hydrogens (tertiary/aromatic N) is 4. The van der Waals surface area contributed by atoms with Crippen molar-refractivity contribution in [1.82, 2.24) is 0 Å². The van der Waals surface area contributed by atoms with Gasteiger partial charge in [-0.3, -0.25) is 0 Å². The van der Waals surface area contributed by atoms with Gasteiger partial charge >= 0.3 is 0 Å². The molecule has 0 bridgehead atoms. The van der Waals surface area contributed by atoms with Gasteiger partial charge in [0, 0.05) is 27.3 Å². The van der Waals surface area contributed by atoms with Gasteiger partial charge in [-0.2, -0.15) is 5.70 Å². The average molecular weight is 421 g/mol. The Hall–Kier alpha value is -0.418. The smallest absolute Gasteiger partial charge is 0 e. The summed E-state index contributed by atoms with van der Waals surface area (Å²) in [6.45, 7) is 6.17. The van der Waals surface area contributed by atoms with Gasteiger partial charge in [-0.05, 0) is 0 Å². The van der Waals surface area contributed by atoms with E-state index in [1.807, 2.05) is 25.2 Å².